The highest BCUT2D eigenvalue weighted by atomic mass is 16.2. The highest BCUT2D eigenvalue weighted by Crippen LogP contribution is 2.18. The number of nitrogens with zero attached hydrogens (tertiary/aromatic N) is 2. The van der Waals surface area contributed by atoms with Gasteiger partial charge >= 0.3 is 0 Å². The summed E-state index contributed by atoms with van der Waals surface area (Å²) in [6.45, 7) is 4.25. The molecule has 3 aromatic rings. The molecule has 136 valence electrons. The van der Waals surface area contributed by atoms with Gasteiger partial charge in [-0.1, -0.05) is 48.0 Å². The molecule has 0 spiro atoms. The minimum atomic E-state index is 0.0307. The minimum absolute atomic E-state index is 0.0307. The number of fused-ring (bicyclic) bond motifs is 1. The maximum absolute atomic E-state index is 12.8. The van der Waals surface area contributed by atoms with E-state index in [9.17, 15) is 9.59 Å². The van der Waals surface area contributed by atoms with E-state index >= 15 is 0 Å². The molecule has 0 bridgehead atoms. The average molecular weight is 358 g/mol. The first-order valence-corrected chi connectivity index (χ1v) is 9.26. The fraction of sp³-hybridized carbons (Fsp3) is 0.217. The van der Waals surface area contributed by atoms with Crippen LogP contribution >= 0.6 is 0 Å². The second kappa shape index (κ2) is 7.23. The van der Waals surface area contributed by atoms with Gasteiger partial charge in [-0.2, -0.15) is 0 Å². The van der Waals surface area contributed by atoms with E-state index < -0.39 is 0 Å². The smallest absolute Gasteiger partial charge is 0.253 e. The van der Waals surface area contributed by atoms with Crippen molar-refractivity contribution in [2.45, 2.75) is 6.92 Å². The summed E-state index contributed by atoms with van der Waals surface area (Å²) in [5, 5.41) is 2.19. The average Bonchev–Trinajstić information content (AvgIpc) is 2.73. The van der Waals surface area contributed by atoms with Crippen LogP contribution in [0.2, 0.25) is 0 Å². The van der Waals surface area contributed by atoms with Gasteiger partial charge in [-0.15, -0.1) is 0 Å². The number of hydrogen-bond donors (Lipinski definition) is 0. The van der Waals surface area contributed by atoms with E-state index in [-0.39, 0.29) is 11.8 Å². The Balaban J connectivity index is 1.42. The number of piperazine rings is 1. The molecule has 1 aliphatic rings. The van der Waals surface area contributed by atoms with Gasteiger partial charge in [0.1, 0.15) is 0 Å². The number of hydrogen-bond acceptors (Lipinski definition) is 2. The molecule has 0 aliphatic carbocycles. The van der Waals surface area contributed by atoms with E-state index in [1.54, 1.807) is 0 Å². The third-order valence-electron chi connectivity index (χ3n) is 5.15. The van der Waals surface area contributed by atoms with Crippen molar-refractivity contribution < 1.29 is 9.59 Å². The molecular weight excluding hydrogens is 336 g/mol. The van der Waals surface area contributed by atoms with Crippen molar-refractivity contribution in [2.75, 3.05) is 26.2 Å². The molecule has 0 N–H and O–H groups in total. The molecule has 1 fully saturated rings. The zero-order chi connectivity index (χ0) is 18.8. The van der Waals surface area contributed by atoms with Crippen LogP contribution in [-0.2, 0) is 0 Å². The van der Waals surface area contributed by atoms with Crippen LogP contribution in [0.15, 0.2) is 66.7 Å². The van der Waals surface area contributed by atoms with E-state index in [4.69, 9.17) is 0 Å². The zero-order valence-electron chi connectivity index (χ0n) is 15.4. The van der Waals surface area contributed by atoms with E-state index in [0.717, 1.165) is 16.3 Å². The number of amides is 2. The number of benzene rings is 3. The summed E-state index contributed by atoms with van der Waals surface area (Å²) in [5.41, 5.74) is 2.54. The summed E-state index contributed by atoms with van der Waals surface area (Å²) in [5.74, 6) is 0.0657. The topological polar surface area (TPSA) is 40.6 Å². The van der Waals surface area contributed by atoms with E-state index in [1.165, 1.54) is 0 Å². The number of rotatable bonds is 2. The maximum Gasteiger partial charge on any atom is 0.253 e. The van der Waals surface area contributed by atoms with Crippen molar-refractivity contribution in [2.24, 2.45) is 0 Å². The van der Waals surface area contributed by atoms with Crippen molar-refractivity contribution in [3.05, 3.63) is 83.4 Å². The third kappa shape index (κ3) is 3.56. The summed E-state index contributed by atoms with van der Waals surface area (Å²) in [4.78, 5) is 29.1. The summed E-state index contributed by atoms with van der Waals surface area (Å²) in [7, 11) is 0. The van der Waals surface area contributed by atoms with Crippen molar-refractivity contribution in [1.29, 1.82) is 0 Å². The van der Waals surface area contributed by atoms with Crippen molar-refractivity contribution >= 4 is 22.6 Å². The fourth-order valence-corrected chi connectivity index (χ4v) is 3.50. The Morgan fingerprint density at radius 2 is 1.19 bits per heavy atom. The Labute approximate surface area is 159 Å². The Hall–Kier alpha value is -3.14. The molecule has 2 amide bonds. The Kier molecular flexibility index (Phi) is 4.63. The molecule has 1 aliphatic heterocycles. The molecule has 4 heteroatoms. The highest BCUT2D eigenvalue weighted by Gasteiger charge is 2.25. The molecule has 0 aromatic heterocycles. The fourth-order valence-electron chi connectivity index (χ4n) is 3.50. The number of carbonyl (C=O) groups excluding carboxylic acids is 2. The van der Waals surface area contributed by atoms with E-state index in [0.29, 0.717) is 37.3 Å². The second-order valence-corrected chi connectivity index (χ2v) is 7.01. The molecule has 1 saturated heterocycles. The normalized spacial score (nSPS) is 14.4. The predicted molar refractivity (Wildman–Crippen MR) is 107 cm³/mol. The van der Waals surface area contributed by atoms with E-state index in [2.05, 4.69) is 0 Å². The summed E-state index contributed by atoms with van der Waals surface area (Å²) >= 11 is 0. The van der Waals surface area contributed by atoms with Gasteiger partial charge in [-0.3, -0.25) is 9.59 Å². The van der Waals surface area contributed by atoms with Gasteiger partial charge in [0.15, 0.2) is 0 Å². The molecular formula is C23H22N2O2. The van der Waals surface area contributed by atoms with Crippen LogP contribution in [0, 0.1) is 6.92 Å². The van der Waals surface area contributed by atoms with Gasteiger partial charge in [0.2, 0.25) is 0 Å². The van der Waals surface area contributed by atoms with Crippen LogP contribution in [-0.4, -0.2) is 47.8 Å². The summed E-state index contributed by atoms with van der Waals surface area (Å²) in [6, 6.07) is 21.5. The number of carbonyl (C=O) groups is 2. The molecule has 4 nitrogen and oxygen atoms in total. The van der Waals surface area contributed by atoms with Crippen LogP contribution in [0.1, 0.15) is 26.3 Å². The molecule has 4 rings (SSSR count). The van der Waals surface area contributed by atoms with Gasteiger partial charge < -0.3 is 9.80 Å². The summed E-state index contributed by atoms with van der Waals surface area (Å²) < 4.78 is 0. The van der Waals surface area contributed by atoms with Crippen LogP contribution in [0.25, 0.3) is 10.8 Å². The van der Waals surface area contributed by atoms with Gasteiger partial charge in [0, 0.05) is 37.3 Å². The first-order valence-electron chi connectivity index (χ1n) is 9.26. The van der Waals surface area contributed by atoms with Gasteiger partial charge in [0.25, 0.3) is 11.8 Å². The second-order valence-electron chi connectivity index (χ2n) is 7.01. The predicted octanol–water partition coefficient (Wildman–Crippen LogP) is 3.75. The van der Waals surface area contributed by atoms with E-state index in [1.807, 2.05) is 83.5 Å². The molecule has 3 aromatic carbocycles. The lowest BCUT2D eigenvalue weighted by atomic mass is 10.1. The van der Waals surface area contributed by atoms with Crippen LogP contribution in [0.4, 0.5) is 0 Å². The largest absolute Gasteiger partial charge is 0.335 e. The van der Waals surface area contributed by atoms with Crippen LogP contribution in [0.3, 0.4) is 0 Å². The minimum Gasteiger partial charge on any atom is -0.335 e. The van der Waals surface area contributed by atoms with Gasteiger partial charge in [-0.25, -0.2) is 0 Å². The standard InChI is InChI=1S/C23H22N2O2/c1-17-6-8-19(9-7-17)22(26)24-12-14-25(15-13-24)23(27)21-11-10-18-4-2-3-5-20(18)16-21/h2-11,16H,12-15H2,1H3. The highest BCUT2D eigenvalue weighted by molar-refractivity contribution is 5.99. The Morgan fingerprint density at radius 3 is 1.81 bits per heavy atom. The van der Waals surface area contributed by atoms with Crippen LogP contribution < -0.4 is 0 Å². The lowest BCUT2D eigenvalue weighted by Crippen LogP contribution is -2.50. The lowest BCUT2D eigenvalue weighted by molar-refractivity contribution is 0.0535. The first kappa shape index (κ1) is 17.3. The van der Waals surface area contributed by atoms with Crippen molar-refractivity contribution in [1.82, 2.24) is 9.80 Å². The third-order valence-corrected chi connectivity index (χ3v) is 5.15. The van der Waals surface area contributed by atoms with Crippen molar-refractivity contribution in [3.63, 3.8) is 0 Å². The molecule has 1 heterocycles. The molecule has 0 saturated carbocycles. The number of aryl methyl sites for hydroxylation is 1. The first-order chi connectivity index (χ1) is 13.1. The maximum atomic E-state index is 12.8. The van der Waals surface area contributed by atoms with Crippen molar-refractivity contribution in [3.8, 4) is 0 Å². The molecule has 27 heavy (non-hydrogen) atoms. The SMILES string of the molecule is Cc1ccc(C(=O)N2CCN(C(=O)c3ccc4ccccc4c3)CC2)cc1. The Morgan fingerprint density at radius 1 is 0.667 bits per heavy atom. The van der Waals surface area contributed by atoms with Gasteiger partial charge in [-0.05, 0) is 42.0 Å². The Bertz CT molecular complexity index is 987. The molecule has 0 radical (unpaired) electrons. The summed E-state index contributed by atoms with van der Waals surface area (Å²) in [6.07, 6.45) is 0. The quantitative estimate of drug-likeness (QED) is 0.700. The molecule has 0 unspecified atom stereocenters. The lowest BCUT2D eigenvalue weighted by Gasteiger charge is -2.35. The molecule has 0 atom stereocenters. The monoisotopic (exact) mass is 358 g/mol. The van der Waals surface area contributed by atoms with Gasteiger partial charge in [0.05, 0.1) is 0 Å². The van der Waals surface area contributed by atoms with Crippen LogP contribution in [0.5, 0.6) is 0 Å². The zero-order valence-corrected chi connectivity index (χ0v) is 15.4.